The number of pyridine rings is 1. The summed E-state index contributed by atoms with van der Waals surface area (Å²) in [4.78, 5) is 27.0. The molecule has 1 aromatic heterocycles. The summed E-state index contributed by atoms with van der Waals surface area (Å²) in [7, 11) is 2.06. The number of aromatic carboxylic acids is 1. The predicted molar refractivity (Wildman–Crippen MR) is 70.4 cm³/mol. The zero-order chi connectivity index (χ0) is 14.0. The third-order valence-corrected chi connectivity index (χ3v) is 3.49. The number of hydrogen-bond donors (Lipinski definition) is 0. The minimum absolute atomic E-state index is 0. The van der Waals surface area contributed by atoms with Crippen molar-refractivity contribution in [3.05, 3.63) is 28.0 Å². The first kappa shape index (κ1) is 17.9. The maximum Gasteiger partial charge on any atom is 1.00 e. The van der Waals surface area contributed by atoms with E-state index in [2.05, 4.69) is 16.8 Å². The Morgan fingerprint density at radius 3 is 2.40 bits per heavy atom. The Morgan fingerprint density at radius 2 is 1.90 bits per heavy atom. The molecule has 0 unspecified atom stereocenters. The van der Waals surface area contributed by atoms with Gasteiger partial charge in [0, 0.05) is 45.0 Å². The van der Waals surface area contributed by atoms with Gasteiger partial charge in [0.15, 0.2) is 5.43 Å². The summed E-state index contributed by atoms with van der Waals surface area (Å²) < 4.78 is 1.79. The molecule has 2 heterocycles. The summed E-state index contributed by atoms with van der Waals surface area (Å²) in [6.45, 7) is 6.06. The van der Waals surface area contributed by atoms with Gasteiger partial charge in [-0.05, 0) is 14.0 Å². The van der Waals surface area contributed by atoms with Gasteiger partial charge in [-0.2, -0.15) is 0 Å². The summed E-state index contributed by atoms with van der Waals surface area (Å²) in [5.74, 6) is -0.636. The van der Waals surface area contributed by atoms with E-state index in [-0.39, 0.29) is 56.9 Å². The Bertz CT molecular complexity index is 536. The second kappa shape index (κ2) is 7.72. The second-order valence-corrected chi connectivity index (χ2v) is 4.77. The molecule has 20 heavy (non-hydrogen) atoms. The van der Waals surface area contributed by atoms with Crippen molar-refractivity contribution in [1.29, 1.82) is 0 Å². The molecule has 0 saturated carbocycles. The fourth-order valence-corrected chi connectivity index (χ4v) is 2.28. The maximum absolute atomic E-state index is 11.8. The van der Waals surface area contributed by atoms with Crippen molar-refractivity contribution in [2.45, 2.75) is 13.5 Å². The molecule has 0 aromatic carbocycles. The summed E-state index contributed by atoms with van der Waals surface area (Å²) in [5, 5.41) is 10.9. The first-order valence-electron chi connectivity index (χ1n) is 6.42. The van der Waals surface area contributed by atoms with E-state index in [9.17, 15) is 14.7 Å². The maximum atomic E-state index is 11.8. The Hall–Kier alpha value is -0.184. The van der Waals surface area contributed by atoms with Crippen molar-refractivity contribution in [3.8, 4) is 0 Å². The molecule has 0 radical (unpaired) electrons. The van der Waals surface area contributed by atoms with Gasteiger partial charge in [0.05, 0.1) is 11.5 Å². The van der Waals surface area contributed by atoms with Gasteiger partial charge in [-0.1, -0.05) is 0 Å². The van der Waals surface area contributed by atoms with Gasteiger partial charge in [0.1, 0.15) is 5.82 Å². The summed E-state index contributed by atoms with van der Waals surface area (Å²) in [6.07, 6.45) is 1.38. The third-order valence-electron chi connectivity index (χ3n) is 3.49. The van der Waals surface area contributed by atoms with Crippen molar-refractivity contribution in [1.82, 2.24) is 9.47 Å². The number of rotatable bonds is 3. The molecule has 1 aliphatic heterocycles. The number of aryl methyl sites for hydroxylation is 1. The normalized spacial score (nSPS) is 15.8. The Kier molecular flexibility index (Phi) is 6.90. The van der Waals surface area contributed by atoms with E-state index in [0.29, 0.717) is 6.54 Å². The molecule has 104 valence electrons. The van der Waals surface area contributed by atoms with E-state index in [0.717, 1.165) is 32.0 Å². The van der Waals surface area contributed by atoms with E-state index >= 15 is 0 Å². The SMILES string of the molecule is CCn1cc(C(=O)[O-])c(=O)cc1N1CCN(C)CC1.[K+]. The molecule has 0 atom stereocenters. The molecule has 0 bridgehead atoms. The predicted octanol–water partition coefficient (Wildman–Crippen LogP) is -4.01. The molecule has 6 nitrogen and oxygen atoms in total. The number of aromatic nitrogens is 1. The Morgan fingerprint density at radius 1 is 1.30 bits per heavy atom. The topological polar surface area (TPSA) is 68.6 Å². The fraction of sp³-hybridized carbons (Fsp3) is 0.538. The van der Waals surface area contributed by atoms with Crippen LogP contribution in [0.25, 0.3) is 0 Å². The van der Waals surface area contributed by atoms with Gasteiger partial charge in [-0.25, -0.2) is 0 Å². The molecule has 1 fully saturated rings. The van der Waals surface area contributed by atoms with Crippen LogP contribution < -0.4 is 66.8 Å². The molecule has 0 amide bonds. The molecule has 0 aliphatic carbocycles. The van der Waals surface area contributed by atoms with E-state index in [1.165, 1.54) is 12.3 Å². The molecule has 1 aliphatic rings. The Balaban J connectivity index is 0.00000200. The average molecular weight is 303 g/mol. The van der Waals surface area contributed by atoms with E-state index in [1.807, 2.05) is 6.92 Å². The monoisotopic (exact) mass is 303 g/mol. The van der Waals surface area contributed by atoms with Crippen molar-refractivity contribution in [3.63, 3.8) is 0 Å². The van der Waals surface area contributed by atoms with Gasteiger partial charge >= 0.3 is 51.4 Å². The zero-order valence-electron chi connectivity index (χ0n) is 12.3. The quantitative estimate of drug-likeness (QED) is 0.532. The number of hydrogen-bond acceptors (Lipinski definition) is 5. The molecular formula is C13H18KN3O3. The van der Waals surface area contributed by atoms with Crippen LogP contribution in [0.4, 0.5) is 5.82 Å². The number of anilines is 1. The first-order chi connectivity index (χ1) is 9.02. The number of piperazine rings is 1. The molecular weight excluding hydrogens is 285 g/mol. The molecule has 0 spiro atoms. The van der Waals surface area contributed by atoms with Crippen LogP contribution in [0.15, 0.2) is 17.1 Å². The van der Waals surface area contributed by atoms with Crippen LogP contribution in [0, 0.1) is 0 Å². The zero-order valence-corrected chi connectivity index (χ0v) is 15.4. The largest absolute Gasteiger partial charge is 1.00 e. The minimum atomic E-state index is -1.42. The van der Waals surface area contributed by atoms with Gasteiger partial charge < -0.3 is 24.3 Å². The van der Waals surface area contributed by atoms with E-state index in [4.69, 9.17) is 0 Å². The summed E-state index contributed by atoms with van der Waals surface area (Å²) in [5.41, 5.74) is -0.765. The van der Waals surface area contributed by atoms with Crippen LogP contribution in [0.1, 0.15) is 17.3 Å². The van der Waals surface area contributed by atoms with Gasteiger partial charge in [0.2, 0.25) is 0 Å². The first-order valence-corrected chi connectivity index (χ1v) is 6.42. The third kappa shape index (κ3) is 3.93. The van der Waals surface area contributed by atoms with Crippen LogP contribution in [0.3, 0.4) is 0 Å². The second-order valence-electron chi connectivity index (χ2n) is 4.77. The van der Waals surface area contributed by atoms with Crippen molar-refractivity contribution >= 4 is 11.8 Å². The number of nitrogens with zero attached hydrogens (tertiary/aromatic N) is 3. The van der Waals surface area contributed by atoms with Gasteiger partial charge in [-0.15, -0.1) is 0 Å². The van der Waals surface area contributed by atoms with Crippen molar-refractivity contribution in [2.24, 2.45) is 0 Å². The number of carboxylic acids is 1. The average Bonchev–Trinajstić information content (AvgIpc) is 2.39. The van der Waals surface area contributed by atoms with Crippen LogP contribution in [0.5, 0.6) is 0 Å². The van der Waals surface area contributed by atoms with E-state index in [1.54, 1.807) is 4.57 Å². The van der Waals surface area contributed by atoms with Crippen molar-refractivity contribution < 1.29 is 61.3 Å². The molecule has 2 rings (SSSR count). The van der Waals surface area contributed by atoms with Crippen molar-refractivity contribution in [2.75, 3.05) is 38.1 Å². The van der Waals surface area contributed by atoms with Gasteiger partial charge in [-0.3, -0.25) is 4.79 Å². The number of carboxylic acid groups (broad SMARTS) is 1. The summed E-state index contributed by atoms with van der Waals surface area (Å²) in [6, 6.07) is 1.40. The van der Waals surface area contributed by atoms with Crippen LogP contribution in [0.2, 0.25) is 0 Å². The van der Waals surface area contributed by atoms with Crippen LogP contribution in [-0.2, 0) is 6.54 Å². The molecule has 0 N–H and O–H groups in total. The van der Waals surface area contributed by atoms with E-state index < -0.39 is 11.4 Å². The smallest absolute Gasteiger partial charge is 0.545 e. The molecule has 1 saturated heterocycles. The minimum Gasteiger partial charge on any atom is -0.545 e. The van der Waals surface area contributed by atoms with Gasteiger partial charge in [0.25, 0.3) is 0 Å². The number of carbonyl (C=O) groups excluding carboxylic acids is 1. The standard InChI is InChI=1S/C13H19N3O3.K/c1-3-15-9-10(13(18)19)11(17)8-12(15)16-6-4-14(2)5-7-16;/h8-9H,3-7H2,1-2H3,(H,18,19);/q;+1/p-1. The molecule has 1 aromatic rings. The fourth-order valence-electron chi connectivity index (χ4n) is 2.28. The number of carbonyl (C=O) groups is 1. The molecule has 7 heteroatoms. The number of likely N-dealkylation sites (N-methyl/N-ethyl adjacent to an activating group) is 1. The summed E-state index contributed by atoms with van der Waals surface area (Å²) >= 11 is 0. The Labute approximate surface area is 160 Å². The van der Waals surface area contributed by atoms with Crippen LogP contribution >= 0.6 is 0 Å². The van der Waals surface area contributed by atoms with Crippen LogP contribution in [-0.4, -0.2) is 48.7 Å².